The van der Waals surface area contributed by atoms with Crippen LogP contribution in [-0.2, 0) is 0 Å². The standard InChI is InChI=1S/C10H23N3/c1-9(2)5-6-10(12-11)7-8-13(3)4/h10,12H,1,5-8,11H2,2-4H3. The van der Waals surface area contributed by atoms with E-state index in [2.05, 4.69) is 37.9 Å². The largest absolute Gasteiger partial charge is 0.309 e. The Morgan fingerprint density at radius 1 is 1.46 bits per heavy atom. The molecule has 0 saturated heterocycles. The first kappa shape index (κ1) is 12.6. The van der Waals surface area contributed by atoms with Crippen molar-refractivity contribution < 1.29 is 0 Å². The SMILES string of the molecule is C=C(C)CCC(CCN(C)C)NN. The lowest BCUT2D eigenvalue weighted by Gasteiger charge is -2.18. The average molecular weight is 185 g/mol. The predicted molar refractivity (Wildman–Crippen MR) is 58.3 cm³/mol. The Morgan fingerprint density at radius 3 is 2.46 bits per heavy atom. The van der Waals surface area contributed by atoms with Gasteiger partial charge in [-0.2, -0.15) is 0 Å². The van der Waals surface area contributed by atoms with Crippen LogP contribution in [-0.4, -0.2) is 31.6 Å². The van der Waals surface area contributed by atoms with Gasteiger partial charge in [-0.05, 0) is 46.8 Å². The molecule has 0 aromatic rings. The summed E-state index contributed by atoms with van der Waals surface area (Å²) in [6.45, 7) is 7.01. The number of allylic oxidation sites excluding steroid dienone is 1. The Balaban J connectivity index is 3.57. The van der Waals surface area contributed by atoms with Crippen LogP contribution in [0.3, 0.4) is 0 Å². The van der Waals surface area contributed by atoms with Gasteiger partial charge in [0.25, 0.3) is 0 Å². The monoisotopic (exact) mass is 185 g/mol. The van der Waals surface area contributed by atoms with Crippen molar-refractivity contribution >= 4 is 0 Å². The van der Waals surface area contributed by atoms with E-state index in [4.69, 9.17) is 5.84 Å². The first-order valence-electron chi connectivity index (χ1n) is 4.81. The van der Waals surface area contributed by atoms with Crippen molar-refractivity contribution in [3.63, 3.8) is 0 Å². The predicted octanol–water partition coefficient (Wildman–Crippen LogP) is 1.13. The second-order valence-corrected chi connectivity index (χ2v) is 3.95. The van der Waals surface area contributed by atoms with Crippen LogP contribution in [0, 0.1) is 0 Å². The zero-order chi connectivity index (χ0) is 10.3. The summed E-state index contributed by atoms with van der Waals surface area (Å²) in [7, 11) is 4.15. The Bertz CT molecular complexity index is 143. The molecule has 0 heterocycles. The summed E-state index contributed by atoms with van der Waals surface area (Å²) in [5.41, 5.74) is 4.07. The number of nitrogens with two attached hydrogens (primary N) is 1. The molecule has 0 bridgehead atoms. The molecule has 3 N–H and O–H groups in total. The Morgan fingerprint density at radius 2 is 2.08 bits per heavy atom. The van der Waals surface area contributed by atoms with E-state index in [9.17, 15) is 0 Å². The van der Waals surface area contributed by atoms with Crippen LogP contribution in [0.4, 0.5) is 0 Å². The Labute approximate surface area is 82.0 Å². The molecule has 78 valence electrons. The molecule has 1 atom stereocenters. The molecule has 0 fully saturated rings. The van der Waals surface area contributed by atoms with Gasteiger partial charge in [-0.1, -0.05) is 5.57 Å². The number of hydrogen-bond acceptors (Lipinski definition) is 3. The molecule has 0 aliphatic rings. The molecular weight excluding hydrogens is 162 g/mol. The van der Waals surface area contributed by atoms with Crippen molar-refractivity contribution in [1.29, 1.82) is 0 Å². The smallest absolute Gasteiger partial charge is 0.0225 e. The molecule has 0 amide bonds. The molecule has 0 saturated carbocycles. The van der Waals surface area contributed by atoms with Gasteiger partial charge >= 0.3 is 0 Å². The van der Waals surface area contributed by atoms with Crippen LogP contribution < -0.4 is 11.3 Å². The van der Waals surface area contributed by atoms with Crippen molar-refractivity contribution in [3.8, 4) is 0 Å². The van der Waals surface area contributed by atoms with E-state index in [1.54, 1.807) is 0 Å². The second-order valence-electron chi connectivity index (χ2n) is 3.95. The zero-order valence-electron chi connectivity index (χ0n) is 9.14. The lowest BCUT2D eigenvalue weighted by atomic mass is 10.1. The Hall–Kier alpha value is -0.380. The minimum Gasteiger partial charge on any atom is -0.309 e. The highest BCUT2D eigenvalue weighted by atomic mass is 15.2. The van der Waals surface area contributed by atoms with Gasteiger partial charge in [0, 0.05) is 6.04 Å². The van der Waals surface area contributed by atoms with Crippen LogP contribution >= 0.6 is 0 Å². The van der Waals surface area contributed by atoms with Crippen molar-refractivity contribution in [3.05, 3.63) is 12.2 Å². The summed E-state index contributed by atoms with van der Waals surface area (Å²) in [6.07, 6.45) is 3.23. The summed E-state index contributed by atoms with van der Waals surface area (Å²) < 4.78 is 0. The normalized spacial score (nSPS) is 13.3. The molecule has 13 heavy (non-hydrogen) atoms. The fourth-order valence-corrected chi connectivity index (χ4v) is 1.15. The van der Waals surface area contributed by atoms with Crippen molar-refractivity contribution in [2.45, 2.75) is 32.2 Å². The van der Waals surface area contributed by atoms with E-state index in [1.807, 2.05) is 0 Å². The van der Waals surface area contributed by atoms with Crippen LogP contribution in [0.1, 0.15) is 26.2 Å². The number of rotatable bonds is 7. The van der Waals surface area contributed by atoms with Gasteiger partial charge in [0.15, 0.2) is 0 Å². The van der Waals surface area contributed by atoms with Crippen LogP contribution in [0.2, 0.25) is 0 Å². The first-order valence-corrected chi connectivity index (χ1v) is 4.81. The fourth-order valence-electron chi connectivity index (χ4n) is 1.15. The third kappa shape index (κ3) is 7.96. The van der Waals surface area contributed by atoms with Gasteiger partial charge in [-0.3, -0.25) is 11.3 Å². The summed E-state index contributed by atoms with van der Waals surface area (Å²) >= 11 is 0. The quantitative estimate of drug-likeness (QED) is 0.355. The first-order chi connectivity index (χ1) is 6.06. The van der Waals surface area contributed by atoms with E-state index in [0.29, 0.717) is 6.04 Å². The maximum absolute atomic E-state index is 5.45. The van der Waals surface area contributed by atoms with Gasteiger partial charge in [0.05, 0.1) is 0 Å². The highest BCUT2D eigenvalue weighted by Gasteiger charge is 2.06. The zero-order valence-corrected chi connectivity index (χ0v) is 9.14. The molecule has 0 aromatic heterocycles. The van der Waals surface area contributed by atoms with E-state index >= 15 is 0 Å². The molecule has 0 rings (SSSR count). The number of nitrogens with one attached hydrogen (secondary N) is 1. The second kappa shape index (κ2) is 7.06. The van der Waals surface area contributed by atoms with Crippen molar-refractivity contribution in [2.75, 3.05) is 20.6 Å². The lowest BCUT2D eigenvalue weighted by Crippen LogP contribution is -2.37. The fraction of sp³-hybridized carbons (Fsp3) is 0.800. The molecule has 0 spiro atoms. The van der Waals surface area contributed by atoms with E-state index in [0.717, 1.165) is 25.8 Å². The summed E-state index contributed by atoms with van der Waals surface area (Å²) in [4.78, 5) is 2.17. The third-order valence-corrected chi connectivity index (χ3v) is 2.08. The maximum atomic E-state index is 5.45. The van der Waals surface area contributed by atoms with Crippen LogP contribution in [0.5, 0.6) is 0 Å². The number of hydrazine groups is 1. The molecule has 1 unspecified atom stereocenters. The van der Waals surface area contributed by atoms with Crippen molar-refractivity contribution in [1.82, 2.24) is 10.3 Å². The van der Waals surface area contributed by atoms with Crippen LogP contribution in [0.15, 0.2) is 12.2 Å². The topological polar surface area (TPSA) is 41.3 Å². The summed E-state index contributed by atoms with van der Waals surface area (Å²) in [6, 6.07) is 0.416. The van der Waals surface area contributed by atoms with Gasteiger partial charge in [-0.25, -0.2) is 0 Å². The molecule has 0 aromatic carbocycles. The minimum atomic E-state index is 0.416. The summed E-state index contributed by atoms with van der Waals surface area (Å²) in [5, 5.41) is 0. The minimum absolute atomic E-state index is 0.416. The van der Waals surface area contributed by atoms with Crippen LogP contribution in [0.25, 0.3) is 0 Å². The average Bonchev–Trinajstić information content (AvgIpc) is 2.04. The molecule has 3 heteroatoms. The van der Waals surface area contributed by atoms with E-state index < -0.39 is 0 Å². The summed E-state index contributed by atoms with van der Waals surface area (Å²) in [5.74, 6) is 5.45. The van der Waals surface area contributed by atoms with Gasteiger partial charge < -0.3 is 4.90 Å². The molecular formula is C10H23N3. The molecule has 0 aliphatic carbocycles. The Kier molecular flexibility index (Phi) is 6.86. The van der Waals surface area contributed by atoms with Crippen molar-refractivity contribution in [2.24, 2.45) is 5.84 Å². The van der Waals surface area contributed by atoms with Gasteiger partial charge in [-0.15, -0.1) is 6.58 Å². The third-order valence-electron chi connectivity index (χ3n) is 2.08. The van der Waals surface area contributed by atoms with Gasteiger partial charge in [0.2, 0.25) is 0 Å². The van der Waals surface area contributed by atoms with Gasteiger partial charge in [0.1, 0.15) is 0 Å². The number of nitrogens with zero attached hydrogens (tertiary/aromatic N) is 1. The maximum Gasteiger partial charge on any atom is 0.0225 e. The highest BCUT2D eigenvalue weighted by Crippen LogP contribution is 2.06. The van der Waals surface area contributed by atoms with E-state index in [-0.39, 0.29) is 0 Å². The molecule has 0 aliphatic heterocycles. The van der Waals surface area contributed by atoms with E-state index in [1.165, 1.54) is 5.57 Å². The highest BCUT2D eigenvalue weighted by molar-refractivity contribution is 4.89. The molecule has 0 radical (unpaired) electrons. The number of hydrogen-bond donors (Lipinski definition) is 2. The lowest BCUT2D eigenvalue weighted by molar-refractivity contribution is 0.351. The molecule has 3 nitrogen and oxygen atoms in total.